The van der Waals surface area contributed by atoms with Crippen molar-refractivity contribution in [1.82, 2.24) is 9.97 Å². The van der Waals surface area contributed by atoms with Gasteiger partial charge in [0, 0.05) is 36.2 Å². The van der Waals surface area contributed by atoms with Gasteiger partial charge in [-0.2, -0.15) is 4.98 Å². The van der Waals surface area contributed by atoms with E-state index in [0.717, 1.165) is 30.0 Å². The molecule has 38 heavy (non-hydrogen) atoms. The van der Waals surface area contributed by atoms with Crippen molar-refractivity contribution >= 4 is 35.1 Å². The van der Waals surface area contributed by atoms with E-state index in [1.165, 1.54) is 6.08 Å². The van der Waals surface area contributed by atoms with Gasteiger partial charge in [-0.25, -0.2) is 4.98 Å². The van der Waals surface area contributed by atoms with Gasteiger partial charge in [0.05, 0.1) is 12.2 Å². The average Bonchev–Trinajstić information content (AvgIpc) is 2.88. The number of benzene rings is 2. The fourth-order valence-electron chi connectivity index (χ4n) is 4.50. The molecule has 9 nitrogen and oxygen atoms in total. The molecule has 4 rings (SSSR count). The highest BCUT2D eigenvalue weighted by Gasteiger charge is 2.23. The number of nitrogens with one attached hydrogen (secondary N) is 2. The summed E-state index contributed by atoms with van der Waals surface area (Å²) in [6.45, 7) is 13.3. The molecular weight excluding hydrogens is 482 g/mol. The number of carbonyl (C=O) groups is 2. The molecule has 0 unspecified atom stereocenters. The summed E-state index contributed by atoms with van der Waals surface area (Å²) in [5.41, 5.74) is 4.31. The van der Waals surface area contributed by atoms with Gasteiger partial charge in [0.25, 0.3) is 0 Å². The normalized spacial score (nSPS) is 17.0. The average molecular weight is 516 g/mol. The van der Waals surface area contributed by atoms with Crippen molar-refractivity contribution in [2.75, 3.05) is 28.6 Å². The van der Waals surface area contributed by atoms with Crippen LogP contribution in [0, 0.1) is 6.92 Å². The number of morpholine rings is 1. The van der Waals surface area contributed by atoms with Gasteiger partial charge in [-0.1, -0.05) is 19.6 Å². The van der Waals surface area contributed by atoms with Gasteiger partial charge in [0.15, 0.2) is 12.1 Å². The summed E-state index contributed by atoms with van der Waals surface area (Å²) >= 11 is 0. The molecule has 2 aromatic carbocycles. The standard InChI is InChI=1S/C29H33N5O4/c1-6-24-29(38-23-10-8-9-21(14-23)30-27(36)7-2)33-28(25(17-35)32-24)31-22-11-12-26(18(3)13-22)34-15-19(4)37-20(5)16-34/h7-14,17,19-20H,2,6,15-16H2,1,3-5H3,(H,30,36)(H,31,33)/t19-,20+. The van der Waals surface area contributed by atoms with Crippen molar-refractivity contribution in [1.29, 1.82) is 0 Å². The van der Waals surface area contributed by atoms with E-state index in [-0.39, 0.29) is 29.7 Å². The van der Waals surface area contributed by atoms with E-state index < -0.39 is 0 Å². The Hall–Kier alpha value is -4.24. The molecule has 2 atom stereocenters. The summed E-state index contributed by atoms with van der Waals surface area (Å²) in [6, 6.07) is 13.0. The fraction of sp³-hybridized carbons (Fsp3) is 0.310. The van der Waals surface area contributed by atoms with E-state index in [1.54, 1.807) is 24.3 Å². The molecule has 1 aliphatic rings. The number of anilines is 4. The highest BCUT2D eigenvalue weighted by Crippen LogP contribution is 2.31. The van der Waals surface area contributed by atoms with Crippen LogP contribution in [0.4, 0.5) is 22.9 Å². The Balaban J connectivity index is 1.59. The SMILES string of the molecule is C=CC(=O)Nc1cccc(Oc2nc(Nc3ccc(N4C[C@@H](C)O[C@@H](C)C4)c(C)c3)c(C=O)nc2CC)c1. The van der Waals surface area contributed by atoms with Crippen molar-refractivity contribution < 1.29 is 19.1 Å². The quantitative estimate of drug-likeness (QED) is 0.287. The number of hydrogen-bond acceptors (Lipinski definition) is 8. The minimum absolute atomic E-state index is 0.163. The molecule has 0 saturated carbocycles. The van der Waals surface area contributed by atoms with Gasteiger partial charge in [0.2, 0.25) is 11.8 Å². The van der Waals surface area contributed by atoms with E-state index in [0.29, 0.717) is 35.7 Å². The number of aldehydes is 1. The monoisotopic (exact) mass is 515 g/mol. The van der Waals surface area contributed by atoms with Crippen LogP contribution in [0.1, 0.15) is 42.5 Å². The zero-order valence-corrected chi connectivity index (χ0v) is 22.2. The summed E-state index contributed by atoms with van der Waals surface area (Å²) in [7, 11) is 0. The van der Waals surface area contributed by atoms with Crippen LogP contribution in [0.5, 0.6) is 11.6 Å². The minimum Gasteiger partial charge on any atom is -0.437 e. The molecule has 1 aromatic heterocycles. The number of aryl methyl sites for hydroxylation is 2. The van der Waals surface area contributed by atoms with Crippen LogP contribution in [0.15, 0.2) is 55.1 Å². The van der Waals surface area contributed by atoms with E-state index in [1.807, 2.05) is 19.1 Å². The van der Waals surface area contributed by atoms with Crippen LogP contribution in [0.25, 0.3) is 0 Å². The Kier molecular flexibility index (Phi) is 8.38. The Bertz CT molecular complexity index is 1330. The first-order chi connectivity index (χ1) is 18.3. The van der Waals surface area contributed by atoms with Gasteiger partial charge in [-0.3, -0.25) is 9.59 Å². The zero-order valence-electron chi connectivity index (χ0n) is 22.2. The molecule has 0 spiro atoms. The number of ether oxygens (including phenoxy) is 2. The first kappa shape index (κ1) is 26.8. The number of amides is 1. The second-order valence-corrected chi connectivity index (χ2v) is 9.29. The predicted octanol–water partition coefficient (Wildman–Crippen LogP) is 5.43. The summed E-state index contributed by atoms with van der Waals surface area (Å²) in [6.07, 6.45) is 2.72. The Morgan fingerprint density at radius 3 is 2.58 bits per heavy atom. The summed E-state index contributed by atoms with van der Waals surface area (Å²) in [4.78, 5) is 35.0. The lowest BCUT2D eigenvalue weighted by atomic mass is 10.1. The third kappa shape index (κ3) is 6.36. The van der Waals surface area contributed by atoms with Crippen molar-refractivity contribution in [3.63, 3.8) is 0 Å². The molecule has 0 aliphatic carbocycles. The zero-order chi connectivity index (χ0) is 27.2. The Morgan fingerprint density at radius 2 is 1.92 bits per heavy atom. The molecule has 1 amide bonds. The second kappa shape index (κ2) is 11.9. The van der Waals surface area contributed by atoms with E-state index >= 15 is 0 Å². The third-order valence-electron chi connectivity index (χ3n) is 6.13. The lowest BCUT2D eigenvalue weighted by Gasteiger charge is -2.37. The molecule has 1 aliphatic heterocycles. The number of nitrogens with zero attached hydrogens (tertiary/aromatic N) is 3. The third-order valence-corrected chi connectivity index (χ3v) is 6.13. The molecular formula is C29H33N5O4. The van der Waals surface area contributed by atoms with Crippen LogP contribution in [0.2, 0.25) is 0 Å². The highest BCUT2D eigenvalue weighted by atomic mass is 16.5. The molecule has 2 heterocycles. The van der Waals surface area contributed by atoms with Gasteiger partial charge in [0.1, 0.15) is 17.1 Å². The van der Waals surface area contributed by atoms with Crippen LogP contribution < -0.4 is 20.3 Å². The lowest BCUT2D eigenvalue weighted by molar-refractivity contribution is -0.111. The second-order valence-electron chi connectivity index (χ2n) is 9.29. The Labute approximate surface area is 222 Å². The van der Waals surface area contributed by atoms with Crippen LogP contribution >= 0.6 is 0 Å². The molecule has 0 radical (unpaired) electrons. The lowest BCUT2D eigenvalue weighted by Crippen LogP contribution is -2.45. The largest absolute Gasteiger partial charge is 0.437 e. The highest BCUT2D eigenvalue weighted by molar-refractivity contribution is 5.98. The maximum atomic E-state index is 11.9. The molecule has 3 aromatic rings. The van der Waals surface area contributed by atoms with Crippen molar-refractivity contribution in [2.24, 2.45) is 0 Å². The van der Waals surface area contributed by atoms with Gasteiger partial charge >= 0.3 is 0 Å². The summed E-state index contributed by atoms with van der Waals surface area (Å²) < 4.78 is 11.9. The first-order valence-electron chi connectivity index (χ1n) is 12.6. The Morgan fingerprint density at radius 1 is 1.16 bits per heavy atom. The fourth-order valence-corrected chi connectivity index (χ4v) is 4.50. The smallest absolute Gasteiger partial charge is 0.247 e. The molecule has 1 fully saturated rings. The molecule has 9 heteroatoms. The van der Waals surface area contributed by atoms with E-state index in [9.17, 15) is 9.59 Å². The summed E-state index contributed by atoms with van der Waals surface area (Å²) in [5, 5.41) is 5.94. The maximum Gasteiger partial charge on any atom is 0.247 e. The molecule has 198 valence electrons. The number of hydrogen-bond donors (Lipinski definition) is 2. The number of rotatable bonds is 9. The van der Waals surface area contributed by atoms with Crippen LogP contribution in [0.3, 0.4) is 0 Å². The molecule has 0 bridgehead atoms. The molecule has 2 N–H and O–H groups in total. The predicted molar refractivity (Wildman–Crippen MR) is 149 cm³/mol. The van der Waals surface area contributed by atoms with Crippen LogP contribution in [-0.2, 0) is 16.0 Å². The van der Waals surface area contributed by atoms with Gasteiger partial charge < -0.3 is 25.0 Å². The number of carbonyl (C=O) groups excluding carboxylic acids is 2. The van der Waals surface area contributed by atoms with Crippen molar-refractivity contribution in [2.45, 2.75) is 46.3 Å². The number of aromatic nitrogens is 2. The maximum absolute atomic E-state index is 11.9. The van der Waals surface area contributed by atoms with Gasteiger partial charge in [-0.05, 0) is 69.2 Å². The molecule has 1 saturated heterocycles. The van der Waals surface area contributed by atoms with Crippen molar-refractivity contribution in [3.8, 4) is 11.6 Å². The van der Waals surface area contributed by atoms with E-state index in [4.69, 9.17) is 9.47 Å². The van der Waals surface area contributed by atoms with Crippen LogP contribution in [-0.4, -0.2) is 47.5 Å². The van der Waals surface area contributed by atoms with E-state index in [2.05, 4.69) is 58.9 Å². The topological polar surface area (TPSA) is 106 Å². The summed E-state index contributed by atoms with van der Waals surface area (Å²) in [5.74, 6) is 0.716. The van der Waals surface area contributed by atoms with Gasteiger partial charge in [-0.15, -0.1) is 0 Å². The minimum atomic E-state index is -0.322. The first-order valence-corrected chi connectivity index (χ1v) is 12.6. The van der Waals surface area contributed by atoms with Crippen molar-refractivity contribution in [3.05, 3.63) is 72.1 Å².